The van der Waals surface area contributed by atoms with Gasteiger partial charge in [-0.05, 0) is 64.0 Å². The maximum Gasteiger partial charge on any atom is 0.255 e. The lowest BCUT2D eigenvalue weighted by Crippen LogP contribution is -2.44. The number of amides is 1. The van der Waals surface area contributed by atoms with E-state index >= 15 is 0 Å². The van der Waals surface area contributed by atoms with E-state index in [1.54, 1.807) is 12.1 Å². The van der Waals surface area contributed by atoms with Crippen LogP contribution in [0.25, 0.3) is 0 Å². The van der Waals surface area contributed by atoms with Gasteiger partial charge in [-0.2, -0.15) is 0 Å². The van der Waals surface area contributed by atoms with Gasteiger partial charge in [0, 0.05) is 17.6 Å². The Morgan fingerprint density at radius 2 is 2.05 bits per heavy atom. The van der Waals surface area contributed by atoms with E-state index in [4.69, 9.17) is 11.6 Å². The van der Waals surface area contributed by atoms with Gasteiger partial charge in [0.05, 0.1) is 10.6 Å². The van der Waals surface area contributed by atoms with Crippen molar-refractivity contribution >= 4 is 33.4 Å². The van der Waals surface area contributed by atoms with Crippen molar-refractivity contribution < 1.29 is 4.79 Å². The molecular formula is C16H22BrClN2O. The van der Waals surface area contributed by atoms with Gasteiger partial charge in [0.15, 0.2) is 0 Å². The minimum absolute atomic E-state index is 0.000993. The molecule has 2 rings (SSSR count). The fourth-order valence-corrected chi connectivity index (χ4v) is 3.62. The normalized spacial score (nSPS) is 18.5. The maximum absolute atomic E-state index is 12.6. The fourth-order valence-electron chi connectivity index (χ4n) is 2.87. The minimum Gasteiger partial charge on any atom is -0.339 e. The van der Waals surface area contributed by atoms with Gasteiger partial charge in [-0.15, -0.1) is 0 Å². The van der Waals surface area contributed by atoms with E-state index < -0.39 is 0 Å². The van der Waals surface area contributed by atoms with Gasteiger partial charge in [-0.1, -0.05) is 27.5 Å². The summed E-state index contributed by atoms with van der Waals surface area (Å²) in [5.41, 5.74) is 0.571. The molecule has 3 nitrogen and oxygen atoms in total. The van der Waals surface area contributed by atoms with Gasteiger partial charge >= 0.3 is 0 Å². The molecule has 1 atom stereocenters. The van der Waals surface area contributed by atoms with Crippen molar-refractivity contribution in [2.24, 2.45) is 5.92 Å². The summed E-state index contributed by atoms with van der Waals surface area (Å²) in [4.78, 5) is 16.8. The highest BCUT2D eigenvalue weighted by molar-refractivity contribution is 9.10. The molecule has 0 spiro atoms. The van der Waals surface area contributed by atoms with E-state index in [2.05, 4.69) is 34.8 Å². The van der Waals surface area contributed by atoms with Crippen molar-refractivity contribution in [3.05, 3.63) is 33.3 Å². The molecule has 1 aliphatic heterocycles. The first-order valence-electron chi connectivity index (χ1n) is 7.31. The third-order valence-electron chi connectivity index (χ3n) is 4.54. The lowest BCUT2D eigenvalue weighted by atomic mass is 9.89. The molecule has 0 aliphatic carbocycles. The van der Waals surface area contributed by atoms with Crippen LogP contribution < -0.4 is 0 Å². The van der Waals surface area contributed by atoms with Gasteiger partial charge in [0.1, 0.15) is 0 Å². The van der Waals surface area contributed by atoms with Crippen LogP contribution in [0.4, 0.5) is 0 Å². The second-order valence-electron chi connectivity index (χ2n) is 5.92. The molecule has 1 saturated heterocycles. The third-order valence-corrected chi connectivity index (χ3v) is 5.34. The lowest BCUT2D eigenvalue weighted by molar-refractivity contribution is 0.0636. The van der Waals surface area contributed by atoms with Crippen LogP contribution in [-0.2, 0) is 0 Å². The van der Waals surface area contributed by atoms with Crippen LogP contribution in [0.2, 0.25) is 5.02 Å². The van der Waals surface area contributed by atoms with Gasteiger partial charge in [0.25, 0.3) is 5.91 Å². The van der Waals surface area contributed by atoms with Gasteiger partial charge in [0.2, 0.25) is 0 Å². The highest BCUT2D eigenvalue weighted by atomic mass is 79.9. The molecule has 1 aromatic rings. The van der Waals surface area contributed by atoms with Crippen LogP contribution in [0.15, 0.2) is 22.7 Å². The fraction of sp³-hybridized carbons (Fsp3) is 0.562. The number of piperidine rings is 1. The second-order valence-corrected chi connectivity index (χ2v) is 7.24. The number of nitrogens with zero attached hydrogens (tertiary/aromatic N) is 2. The Morgan fingerprint density at radius 3 is 2.62 bits per heavy atom. The summed E-state index contributed by atoms with van der Waals surface area (Å²) in [6.07, 6.45) is 2.28. The molecule has 0 bridgehead atoms. The molecule has 0 saturated carbocycles. The first kappa shape index (κ1) is 16.8. The SMILES string of the molecule is C[C@H](C1CCN(C)CC1)N(C)C(=O)c1ccc(Br)cc1Cl. The molecule has 1 fully saturated rings. The Hall–Kier alpha value is -0.580. The Morgan fingerprint density at radius 1 is 1.43 bits per heavy atom. The zero-order chi connectivity index (χ0) is 15.6. The Labute approximate surface area is 140 Å². The van der Waals surface area contributed by atoms with Crippen molar-refractivity contribution in [1.82, 2.24) is 9.80 Å². The van der Waals surface area contributed by atoms with Gasteiger partial charge in [-0.25, -0.2) is 0 Å². The first-order chi connectivity index (χ1) is 9.90. The predicted octanol–water partition coefficient (Wildman–Crippen LogP) is 3.90. The van der Waals surface area contributed by atoms with E-state index in [0.717, 1.165) is 30.4 Å². The van der Waals surface area contributed by atoms with Crippen LogP contribution in [-0.4, -0.2) is 48.9 Å². The summed E-state index contributed by atoms with van der Waals surface area (Å²) in [6, 6.07) is 5.63. The summed E-state index contributed by atoms with van der Waals surface area (Å²) < 4.78 is 0.884. The number of hydrogen-bond donors (Lipinski definition) is 0. The zero-order valence-electron chi connectivity index (χ0n) is 12.8. The van der Waals surface area contributed by atoms with E-state index in [1.165, 1.54) is 0 Å². The molecule has 0 aromatic heterocycles. The Balaban J connectivity index is 2.07. The molecule has 0 N–H and O–H groups in total. The van der Waals surface area contributed by atoms with Crippen molar-refractivity contribution in [1.29, 1.82) is 0 Å². The Kier molecular flexibility index (Phi) is 5.69. The topological polar surface area (TPSA) is 23.6 Å². The van der Waals surface area contributed by atoms with Crippen LogP contribution in [0, 0.1) is 5.92 Å². The molecule has 116 valence electrons. The first-order valence-corrected chi connectivity index (χ1v) is 8.48. The number of likely N-dealkylation sites (tertiary alicyclic amines) is 1. The summed E-state index contributed by atoms with van der Waals surface area (Å²) in [5.74, 6) is 0.559. The largest absolute Gasteiger partial charge is 0.339 e. The molecular weight excluding hydrogens is 352 g/mol. The van der Waals surface area contributed by atoms with Gasteiger partial charge < -0.3 is 9.80 Å². The monoisotopic (exact) mass is 372 g/mol. The number of carbonyl (C=O) groups is 1. The minimum atomic E-state index is -0.000993. The smallest absolute Gasteiger partial charge is 0.255 e. The van der Waals surface area contributed by atoms with Crippen LogP contribution >= 0.6 is 27.5 Å². The van der Waals surface area contributed by atoms with E-state index in [-0.39, 0.29) is 11.9 Å². The summed E-state index contributed by atoms with van der Waals surface area (Å²) >= 11 is 9.56. The van der Waals surface area contributed by atoms with Crippen LogP contribution in [0.5, 0.6) is 0 Å². The molecule has 1 amide bonds. The van der Waals surface area contributed by atoms with Gasteiger partial charge in [-0.3, -0.25) is 4.79 Å². The molecule has 21 heavy (non-hydrogen) atoms. The molecule has 1 heterocycles. The second kappa shape index (κ2) is 7.12. The van der Waals surface area contributed by atoms with E-state index in [1.807, 2.05) is 18.0 Å². The number of rotatable bonds is 3. The Bertz CT molecular complexity index is 515. The molecule has 1 aliphatic rings. The van der Waals surface area contributed by atoms with E-state index in [0.29, 0.717) is 16.5 Å². The summed E-state index contributed by atoms with van der Waals surface area (Å²) in [7, 11) is 4.03. The lowest BCUT2D eigenvalue weighted by Gasteiger charge is -2.37. The number of carbonyl (C=O) groups excluding carboxylic acids is 1. The maximum atomic E-state index is 12.6. The molecule has 0 radical (unpaired) electrons. The quantitative estimate of drug-likeness (QED) is 0.802. The highest BCUT2D eigenvalue weighted by Crippen LogP contribution is 2.26. The number of benzene rings is 1. The molecule has 1 aromatic carbocycles. The third kappa shape index (κ3) is 3.99. The number of halogens is 2. The van der Waals surface area contributed by atoms with Crippen LogP contribution in [0.3, 0.4) is 0 Å². The van der Waals surface area contributed by atoms with Crippen molar-refractivity contribution in [2.75, 3.05) is 27.2 Å². The number of hydrogen-bond acceptors (Lipinski definition) is 2. The standard InChI is InChI=1S/C16H22BrClN2O/c1-11(12-6-8-19(2)9-7-12)20(3)16(21)14-5-4-13(17)10-15(14)18/h4-5,10-12H,6-9H2,1-3H3/t11-/m1/s1. The molecule has 5 heteroatoms. The van der Waals surface area contributed by atoms with E-state index in [9.17, 15) is 4.79 Å². The average Bonchev–Trinajstić information content (AvgIpc) is 2.46. The predicted molar refractivity (Wildman–Crippen MR) is 90.9 cm³/mol. The highest BCUT2D eigenvalue weighted by Gasteiger charge is 2.28. The van der Waals surface area contributed by atoms with Crippen molar-refractivity contribution in [3.63, 3.8) is 0 Å². The molecule has 0 unspecified atom stereocenters. The summed E-state index contributed by atoms with van der Waals surface area (Å²) in [6.45, 7) is 4.35. The average molecular weight is 374 g/mol. The van der Waals surface area contributed by atoms with Crippen molar-refractivity contribution in [3.8, 4) is 0 Å². The zero-order valence-corrected chi connectivity index (χ0v) is 15.1. The summed E-state index contributed by atoms with van der Waals surface area (Å²) in [5, 5.41) is 0.497. The van der Waals surface area contributed by atoms with Crippen LogP contribution in [0.1, 0.15) is 30.1 Å². The van der Waals surface area contributed by atoms with Crippen molar-refractivity contribution in [2.45, 2.75) is 25.8 Å².